The van der Waals surface area contributed by atoms with Crippen LogP contribution >= 0.6 is 0 Å². The number of hydrogen-bond acceptors (Lipinski definition) is 5. The third-order valence-corrected chi connectivity index (χ3v) is 4.32. The highest BCUT2D eigenvalue weighted by atomic mass is 19.4. The third kappa shape index (κ3) is 3.84. The molecule has 0 spiro atoms. The molecule has 0 unspecified atom stereocenters. The van der Waals surface area contributed by atoms with E-state index in [0.29, 0.717) is 5.56 Å². The lowest BCUT2D eigenvalue weighted by Crippen LogP contribution is -2.42. The number of nitrogens with zero attached hydrogens (tertiary/aromatic N) is 2. The van der Waals surface area contributed by atoms with Crippen molar-refractivity contribution in [3.05, 3.63) is 52.2 Å². The number of aryl methyl sites for hydroxylation is 1. The molecular weight excluding hydrogens is 383 g/mol. The summed E-state index contributed by atoms with van der Waals surface area (Å²) in [6.45, 7) is 6.49. The van der Waals surface area contributed by atoms with Gasteiger partial charge in [0.25, 0.3) is 0 Å². The van der Waals surface area contributed by atoms with Gasteiger partial charge in [0.2, 0.25) is 5.41 Å². The molecular formula is C21H20F3N3O2. The summed E-state index contributed by atoms with van der Waals surface area (Å²) in [4.78, 5) is 12.5. The van der Waals surface area contributed by atoms with Crippen LogP contribution < -0.4 is 5.32 Å². The predicted molar refractivity (Wildman–Crippen MR) is 99.7 cm³/mol. The first kappa shape index (κ1) is 22.0. The molecule has 152 valence electrons. The molecule has 1 aliphatic rings. The van der Waals surface area contributed by atoms with Crippen LogP contribution in [0.5, 0.6) is 0 Å². The van der Waals surface area contributed by atoms with E-state index in [1.165, 1.54) is 12.1 Å². The molecule has 29 heavy (non-hydrogen) atoms. The molecule has 0 aromatic heterocycles. The largest absolute Gasteiger partial charge is 0.465 e. The summed E-state index contributed by atoms with van der Waals surface area (Å²) < 4.78 is 47.1. The van der Waals surface area contributed by atoms with Crippen LogP contribution in [0.15, 0.2) is 41.1 Å². The zero-order valence-electron chi connectivity index (χ0n) is 16.7. The van der Waals surface area contributed by atoms with Crippen LogP contribution in [0.2, 0.25) is 0 Å². The number of carbonyl (C=O) groups is 1. The number of halogens is 3. The predicted octanol–water partition coefficient (Wildman–Crippen LogP) is 4.17. The van der Waals surface area contributed by atoms with Crippen molar-refractivity contribution in [2.75, 3.05) is 7.11 Å². The molecule has 2 rings (SSSR count). The lowest BCUT2D eigenvalue weighted by molar-refractivity contribution is -0.137. The maximum atomic E-state index is 14.2. The minimum absolute atomic E-state index is 0.168. The first-order valence-corrected chi connectivity index (χ1v) is 8.65. The van der Waals surface area contributed by atoms with E-state index < -0.39 is 39.9 Å². The molecule has 0 heterocycles. The van der Waals surface area contributed by atoms with Crippen molar-refractivity contribution in [1.82, 2.24) is 5.32 Å². The number of benzene rings is 1. The van der Waals surface area contributed by atoms with Crippen molar-refractivity contribution in [2.24, 2.45) is 5.41 Å². The SMILES string of the molecule is COC(=O)C1=C(c2cccc(C)c2)C(C#N)(C#N)C(NC(C)(C)C)=C1C(F)(F)F. The van der Waals surface area contributed by atoms with Gasteiger partial charge in [-0.3, -0.25) is 0 Å². The number of nitrogens with one attached hydrogen (secondary N) is 1. The smallest absolute Gasteiger partial charge is 0.419 e. The number of ether oxygens (including phenoxy) is 1. The van der Waals surface area contributed by atoms with E-state index in [0.717, 1.165) is 7.11 Å². The average Bonchev–Trinajstić information content (AvgIpc) is 2.89. The Morgan fingerprint density at radius 2 is 1.76 bits per heavy atom. The fourth-order valence-electron chi connectivity index (χ4n) is 3.28. The molecule has 0 radical (unpaired) electrons. The molecule has 0 aliphatic heterocycles. The Balaban J connectivity index is 3.08. The number of esters is 1. The number of methoxy groups -OCH3 is 1. The molecule has 1 aromatic carbocycles. The lowest BCUT2D eigenvalue weighted by atomic mass is 9.78. The molecule has 1 aliphatic carbocycles. The van der Waals surface area contributed by atoms with Crippen molar-refractivity contribution < 1.29 is 22.7 Å². The van der Waals surface area contributed by atoms with Gasteiger partial charge < -0.3 is 10.1 Å². The molecule has 0 amide bonds. The van der Waals surface area contributed by atoms with Gasteiger partial charge in [-0.25, -0.2) is 4.79 Å². The Hall–Kier alpha value is -3.26. The molecule has 5 nitrogen and oxygen atoms in total. The molecule has 0 fully saturated rings. The first-order chi connectivity index (χ1) is 13.3. The second-order valence-corrected chi connectivity index (χ2v) is 7.71. The van der Waals surface area contributed by atoms with Gasteiger partial charge in [-0.1, -0.05) is 29.8 Å². The van der Waals surface area contributed by atoms with E-state index >= 15 is 0 Å². The molecule has 0 saturated carbocycles. The highest BCUT2D eigenvalue weighted by molar-refractivity contribution is 6.08. The van der Waals surface area contributed by atoms with E-state index in [1.54, 1.807) is 52.0 Å². The van der Waals surface area contributed by atoms with Crippen LogP contribution in [-0.4, -0.2) is 24.8 Å². The number of carbonyl (C=O) groups excluding carboxylic acids is 1. The zero-order valence-corrected chi connectivity index (χ0v) is 16.7. The molecule has 0 saturated heterocycles. The number of nitriles is 2. The van der Waals surface area contributed by atoms with Crippen LogP contribution in [0, 0.1) is 35.0 Å². The van der Waals surface area contributed by atoms with Crippen molar-refractivity contribution in [3.8, 4) is 12.1 Å². The summed E-state index contributed by atoms with van der Waals surface area (Å²) in [7, 11) is 0.951. The van der Waals surface area contributed by atoms with E-state index in [-0.39, 0.29) is 11.1 Å². The second kappa shape index (κ2) is 7.29. The van der Waals surface area contributed by atoms with Gasteiger partial charge in [-0.05, 0) is 33.3 Å². The van der Waals surface area contributed by atoms with Gasteiger partial charge in [0.15, 0.2) is 0 Å². The minimum atomic E-state index is -5.01. The van der Waals surface area contributed by atoms with Gasteiger partial charge in [0, 0.05) is 11.1 Å². The fraction of sp³-hybridized carbons (Fsp3) is 0.381. The van der Waals surface area contributed by atoms with Crippen LogP contribution in [0.1, 0.15) is 31.9 Å². The second-order valence-electron chi connectivity index (χ2n) is 7.71. The van der Waals surface area contributed by atoms with Crippen LogP contribution in [0.4, 0.5) is 13.2 Å². The summed E-state index contributed by atoms with van der Waals surface area (Å²) in [6.07, 6.45) is -5.01. The van der Waals surface area contributed by atoms with Crippen LogP contribution in [0.25, 0.3) is 5.57 Å². The summed E-state index contributed by atoms with van der Waals surface area (Å²) in [5, 5.41) is 22.5. The number of allylic oxidation sites excluding steroid dienone is 1. The number of hydrogen-bond donors (Lipinski definition) is 1. The zero-order chi connectivity index (χ0) is 22.2. The normalized spacial score (nSPS) is 16.3. The van der Waals surface area contributed by atoms with Crippen molar-refractivity contribution in [2.45, 2.75) is 39.4 Å². The Morgan fingerprint density at radius 1 is 1.17 bits per heavy atom. The number of alkyl halides is 3. The van der Waals surface area contributed by atoms with Gasteiger partial charge in [0.1, 0.15) is 0 Å². The van der Waals surface area contributed by atoms with Gasteiger partial charge in [-0.2, -0.15) is 23.7 Å². The lowest BCUT2D eigenvalue weighted by Gasteiger charge is -2.30. The topological polar surface area (TPSA) is 85.9 Å². The van der Waals surface area contributed by atoms with E-state index in [4.69, 9.17) is 0 Å². The van der Waals surface area contributed by atoms with Crippen LogP contribution in [-0.2, 0) is 9.53 Å². The van der Waals surface area contributed by atoms with Gasteiger partial charge in [-0.15, -0.1) is 0 Å². The standard InChI is InChI=1S/C21H20F3N3O2/c1-12-7-6-8-13(9-12)15-14(18(28)29-5)16(21(22,23)24)17(27-19(2,3)4)20(15,10-25)11-26/h6-9,27H,1-5H3. The maximum absolute atomic E-state index is 14.2. The summed E-state index contributed by atoms with van der Waals surface area (Å²) >= 11 is 0. The average molecular weight is 403 g/mol. The van der Waals surface area contributed by atoms with Crippen molar-refractivity contribution in [3.63, 3.8) is 0 Å². The van der Waals surface area contributed by atoms with E-state index in [1.807, 2.05) is 0 Å². The summed E-state index contributed by atoms with van der Waals surface area (Å²) in [5.41, 5.74) is -5.63. The van der Waals surface area contributed by atoms with Gasteiger partial charge in [0.05, 0.1) is 36.1 Å². The Bertz CT molecular complexity index is 986. The van der Waals surface area contributed by atoms with Crippen LogP contribution in [0.3, 0.4) is 0 Å². The first-order valence-electron chi connectivity index (χ1n) is 8.65. The van der Waals surface area contributed by atoms with E-state index in [2.05, 4.69) is 10.1 Å². The summed E-state index contributed by atoms with van der Waals surface area (Å²) in [5.74, 6) is -1.27. The summed E-state index contributed by atoms with van der Waals surface area (Å²) in [6, 6.07) is 9.74. The highest BCUT2D eigenvalue weighted by Crippen LogP contribution is 2.55. The van der Waals surface area contributed by atoms with Gasteiger partial charge >= 0.3 is 12.1 Å². The third-order valence-electron chi connectivity index (χ3n) is 4.32. The Morgan fingerprint density at radius 3 is 2.17 bits per heavy atom. The van der Waals surface area contributed by atoms with E-state index in [9.17, 15) is 28.5 Å². The molecule has 0 atom stereocenters. The molecule has 1 N–H and O–H groups in total. The molecule has 1 aromatic rings. The molecule has 0 bridgehead atoms. The fourth-order valence-corrected chi connectivity index (χ4v) is 3.28. The minimum Gasteiger partial charge on any atom is -0.465 e. The van der Waals surface area contributed by atoms with Crippen molar-refractivity contribution >= 4 is 11.5 Å². The monoisotopic (exact) mass is 403 g/mol. The Kier molecular flexibility index (Phi) is 5.54. The quantitative estimate of drug-likeness (QED) is 0.766. The molecule has 8 heteroatoms. The number of rotatable bonds is 3. The Labute approximate surface area is 167 Å². The highest BCUT2D eigenvalue weighted by Gasteiger charge is 2.58. The maximum Gasteiger partial charge on any atom is 0.419 e. The van der Waals surface area contributed by atoms with Crippen molar-refractivity contribution in [1.29, 1.82) is 10.5 Å².